The summed E-state index contributed by atoms with van der Waals surface area (Å²) in [7, 11) is 4.76. The van der Waals surface area contributed by atoms with Crippen molar-refractivity contribution in [3.8, 4) is 0 Å². The molecule has 0 fully saturated rings. The second kappa shape index (κ2) is 3.93. The average Bonchev–Trinajstić information content (AvgIpc) is 1.41. The predicted octanol–water partition coefficient (Wildman–Crippen LogP) is -0.542. The van der Waals surface area contributed by atoms with Gasteiger partial charge in [-0.25, -0.2) is 0 Å². The van der Waals surface area contributed by atoms with Crippen molar-refractivity contribution < 1.29 is 4.65 Å². The van der Waals surface area contributed by atoms with E-state index in [0.717, 1.165) is 6.61 Å². The normalized spacial score (nSPS) is 5.60. The van der Waals surface area contributed by atoms with Crippen LogP contribution < -0.4 is 0 Å². The van der Waals surface area contributed by atoms with Gasteiger partial charge >= 0.3 is 32.6 Å². The van der Waals surface area contributed by atoms with Gasteiger partial charge in [0.25, 0.3) is 0 Å². The summed E-state index contributed by atoms with van der Waals surface area (Å²) in [4.78, 5) is 0. The summed E-state index contributed by atoms with van der Waals surface area (Å²) in [6, 6.07) is 0. The molecule has 0 bridgehead atoms. The topological polar surface area (TPSA) is 9.23 Å². The van der Waals surface area contributed by atoms with E-state index < -0.39 is 0 Å². The van der Waals surface area contributed by atoms with E-state index in [2.05, 4.69) is 12.0 Å². The van der Waals surface area contributed by atoms with Crippen molar-refractivity contribution in [1.82, 2.24) is 0 Å². The molecule has 0 aromatic rings. The third kappa shape index (κ3) is 3.93. The molecule has 0 aliphatic rings. The van der Waals surface area contributed by atoms with Crippen LogP contribution in [0.15, 0.2) is 0 Å². The summed E-state index contributed by atoms with van der Waals surface area (Å²) in [6.07, 6.45) is 0. The molecule has 0 aliphatic heterocycles. The first-order valence-corrected chi connectivity index (χ1v) is 1.64. The maximum atomic E-state index is 4.60. The molecular weight excluding hydrogens is 61.6 g/mol. The molecule has 3 heteroatoms. The Morgan fingerprint density at radius 1 is 2.00 bits per heavy atom. The zero-order valence-corrected chi connectivity index (χ0v) is 3.40. The third-order valence-electron chi connectivity index (χ3n) is 0.285. The molecule has 26 valence electrons. The fourth-order valence-corrected chi connectivity index (χ4v) is 0.118. The van der Waals surface area contributed by atoms with Gasteiger partial charge in [0.15, 0.2) is 0 Å². The average molecular weight is 67.7 g/mol. The Hall–Kier alpha value is -0.0701. The molecule has 5 heavy (non-hydrogen) atoms. The van der Waals surface area contributed by atoms with Crippen LogP contribution in [0.4, 0.5) is 0 Å². The third-order valence-corrected chi connectivity index (χ3v) is 0.285. The Bertz CT molecular complexity index is 28.8. The van der Waals surface area contributed by atoms with E-state index in [4.69, 9.17) is 0 Å². The summed E-state index contributed by atoms with van der Waals surface area (Å²) < 4.78 is 4.60. The molecule has 1 nitrogen and oxygen atoms in total. The van der Waals surface area contributed by atoms with E-state index in [1.54, 1.807) is 0 Å². The van der Waals surface area contributed by atoms with E-state index in [1.165, 1.54) is 7.00 Å². The fourth-order valence-electron chi connectivity index (χ4n) is 0.118. The predicted molar refractivity (Wildman–Crippen MR) is 24.5 cm³/mol. The number of hydrogen-bond donors (Lipinski definition) is 0. The van der Waals surface area contributed by atoms with E-state index in [0.29, 0.717) is 0 Å². The molecule has 0 radical (unpaired) electrons. The second-order valence-electron chi connectivity index (χ2n) is 0.622. The first kappa shape index (κ1) is 4.93. The van der Waals surface area contributed by atoms with Gasteiger partial charge in [-0.1, -0.05) is 0 Å². The summed E-state index contributed by atoms with van der Waals surface area (Å²) in [5.74, 6) is 0. The van der Waals surface area contributed by atoms with Crippen LogP contribution in [0.3, 0.4) is 0 Å². The fraction of sp³-hybridized carbons (Fsp3) is 1.00. The molecular formula is C2H6B2O. The van der Waals surface area contributed by atoms with Crippen molar-refractivity contribution in [1.29, 1.82) is 0 Å². The first-order chi connectivity index (χ1) is 2.41. The molecule has 0 atom stereocenters. The Labute approximate surface area is 33.6 Å². The van der Waals surface area contributed by atoms with Crippen LogP contribution >= 0.6 is 0 Å². The van der Waals surface area contributed by atoms with Crippen LogP contribution in [0.2, 0.25) is 0 Å². The van der Waals surface area contributed by atoms with Crippen LogP contribution in [0.5, 0.6) is 0 Å². The van der Waals surface area contributed by atoms with Gasteiger partial charge in [0.2, 0.25) is 0 Å². The van der Waals surface area contributed by atoms with Crippen molar-refractivity contribution in [2.75, 3.05) is 6.61 Å². The van der Waals surface area contributed by atoms with E-state index in [-0.39, 0.29) is 0 Å². The Morgan fingerprint density at radius 3 is 2.60 bits per heavy atom. The zero-order chi connectivity index (χ0) is 4.12. The minimum atomic E-state index is 0.726. The summed E-state index contributed by atoms with van der Waals surface area (Å²) in [5.41, 5.74) is 0. The zero-order valence-electron chi connectivity index (χ0n) is 3.40. The van der Waals surface area contributed by atoms with Gasteiger partial charge in [-0.15, -0.1) is 0 Å². The maximum absolute atomic E-state index is 4.60. The van der Waals surface area contributed by atoms with Gasteiger partial charge in [-0.2, -0.15) is 0 Å². The number of hydrogen-bond acceptors (Lipinski definition) is 1. The Morgan fingerprint density at radius 2 is 2.60 bits per heavy atom. The van der Waals surface area contributed by atoms with Crippen molar-refractivity contribution in [3.05, 3.63) is 0 Å². The molecule has 0 saturated heterocycles. The van der Waals surface area contributed by atoms with E-state index in [9.17, 15) is 0 Å². The monoisotopic (exact) mass is 68.1 g/mol. The van der Waals surface area contributed by atoms with Crippen LogP contribution in [-0.2, 0) is 4.65 Å². The number of rotatable bonds is 2. The van der Waals surface area contributed by atoms with Crippen LogP contribution in [-0.4, -0.2) is 21.0 Å². The standard InChI is InChI=1S/C2H6B2O/c1-2-5-4-3/h3H,2H2,1H3. The molecule has 0 spiro atoms. The van der Waals surface area contributed by atoms with E-state index >= 15 is 0 Å². The molecule has 0 N–H and O–H groups in total. The Kier molecular flexibility index (Phi) is 3.87. The molecule has 0 aliphatic carbocycles. The van der Waals surface area contributed by atoms with Crippen molar-refractivity contribution in [2.24, 2.45) is 0 Å². The molecule has 0 aromatic carbocycles. The Balaban J connectivity index is 2.40. The summed E-state index contributed by atoms with van der Waals surface area (Å²) in [5, 5.41) is 0. The second-order valence-corrected chi connectivity index (χ2v) is 0.622. The van der Waals surface area contributed by atoms with Gasteiger partial charge in [0.1, 0.15) is 0 Å². The van der Waals surface area contributed by atoms with Gasteiger partial charge in [-0.05, 0) is 0 Å². The van der Waals surface area contributed by atoms with Gasteiger partial charge in [0.05, 0.1) is 0 Å². The molecule has 0 rings (SSSR count). The molecule has 0 unspecified atom stereocenters. The minimum absolute atomic E-state index is 0.726. The van der Waals surface area contributed by atoms with Crippen LogP contribution in [0.1, 0.15) is 6.92 Å². The van der Waals surface area contributed by atoms with Gasteiger partial charge < -0.3 is 0 Å². The van der Waals surface area contributed by atoms with Crippen molar-refractivity contribution in [3.63, 3.8) is 0 Å². The summed E-state index contributed by atoms with van der Waals surface area (Å²) >= 11 is 0. The van der Waals surface area contributed by atoms with E-state index in [1.807, 2.05) is 6.92 Å². The summed E-state index contributed by atoms with van der Waals surface area (Å²) in [6.45, 7) is 2.64. The van der Waals surface area contributed by atoms with Crippen LogP contribution in [0.25, 0.3) is 0 Å². The molecule has 0 heterocycles. The van der Waals surface area contributed by atoms with Crippen molar-refractivity contribution in [2.45, 2.75) is 6.92 Å². The molecule has 0 amide bonds. The SMILES string of the molecule is B=BOCC. The van der Waals surface area contributed by atoms with Crippen molar-refractivity contribution >= 4 is 14.4 Å². The molecule has 0 saturated carbocycles. The van der Waals surface area contributed by atoms with Gasteiger partial charge in [-0.3, -0.25) is 0 Å². The van der Waals surface area contributed by atoms with Crippen LogP contribution in [0, 0.1) is 0 Å². The first-order valence-electron chi connectivity index (χ1n) is 1.64. The molecule has 0 aromatic heterocycles. The quantitative estimate of drug-likeness (QED) is 0.394. The van der Waals surface area contributed by atoms with Gasteiger partial charge in [0, 0.05) is 0 Å².